The van der Waals surface area contributed by atoms with Crippen LogP contribution in [0, 0.1) is 38.5 Å². The number of allylic oxidation sites excluding steroid dienone is 2. The van der Waals surface area contributed by atoms with Crippen LogP contribution >= 0.6 is 0 Å². The topological polar surface area (TPSA) is 25.3 Å². The molecule has 0 spiro atoms. The fraction of sp³-hybridized carbons (Fsp3) is 0.728. The monoisotopic (exact) mass is 1200 g/mol. The number of unbranched alkanes of at least 4 members (excludes halogenated alkanes) is 45. The molecule has 3 heteroatoms. The van der Waals surface area contributed by atoms with Crippen LogP contribution in [-0.2, 0) is 29.3 Å². The van der Waals surface area contributed by atoms with Crippen molar-refractivity contribution in [1.82, 2.24) is 0 Å². The molecule has 0 aromatic heterocycles. The molecule has 0 radical (unpaired) electrons. The van der Waals surface area contributed by atoms with Crippen molar-refractivity contribution >= 4 is 11.4 Å². The van der Waals surface area contributed by atoms with Crippen molar-refractivity contribution in [2.24, 2.45) is 0 Å². The zero-order valence-corrected chi connectivity index (χ0v) is 57.7. The summed E-state index contributed by atoms with van der Waals surface area (Å²) in [5, 5.41) is 0. The molecule has 0 amide bonds. The molecule has 84 heavy (non-hydrogen) atoms. The molecule has 1 aliphatic heterocycles. The third-order valence-electron chi connectivity index (χ3n) is 17.8. The van der Waals surface area contributed by atoms with Crippen molar-refractivity contribution in [3.05, 3.63) is 102 Å². The van der Waals surface area contributed by atoms with Crippen LogP contribution in [0.5, 0.6) is 0 Å². The Morgan fingerprint density at radius 1 is 0.274 bits per heavy atom. The van der Waals surface area contributed by atoms with Gasteiger partial charge in [-0.2, -0.15) is 0 Å². The first-order valence-electron chi connectivity index (χ1n) is 36.2. The van der Waals surface area contributed by atoms with Gasteiger partial charge in [0.1, 0.15) is 0 Å². The van der Waals surface area contributed by atoms with Gasteiger partial charge in [-0.25, -0.2) is 4.70 Å². The molecule has 2 aromatic carbocycles. The van der Waals surface area contributed by atoms with E-state index in [9.17, 15) is 5.53 Å². The quantitative estimate of drug-likeness (QED) is 0.0207. The van der Waals surface area contributed by atoms with Crippen LogP contribution in [0.1, 0.15) is 390 Å². The van der Waals surface area contributed by atoms with Crippen molar-refractivity contribution in [2.45, 2.75) is 381 Å². The molecule has 1 heterocycles. The van der Waals surface area contributed by atoms with Gasteiger partial charge in [0.15, 0.2) is 0 Å². The number of benzene rings is 2. The molecule has 0 fully saturated rings. The first kappa shape index (κ1) is 81.1. The molecule has 3 rings (SSSR count). The number of nitrogens with zero attached hydrogens (tertiary/aromatic N) is 2. The van der Waals surface area contributed by atoms with E-state index < -0.39 is 0 Å². The van der Waals surface area contributed by atoms with E-state index in [1.807, 2.05) is 0 Å². The van der Waals surface area contributed by atoms with Crippen LogP contribution < -0.4 is 0 Å². The van der Waals surface area contributed by atoms with Crippen LogP contribution in [-0.4, -0.2) is 4.70 Å². The molecule has 2 aromatic rings. The Morgan fingerprint density at radius 3 is 0.786 bits per heavy atom. The molecule has 0 N–H and O–H groups in total. The van der Waals surface area contributed by atoms with E-state index in [2.05, 4.69) is 99.9 Å². The summed E-state index contributed by atoms with van der Waals surface area (Å²) < 4.78 is 1.62. The Kier molecular flexibility index (Phi) is 58.4. The predicted octanol–water partition coefficient (Wildman–Crippen LogP) is 27.6. The second-order valence-corrected chi connectivity index (χ2v) is 25.2. The summed E-state index contributed by atoms with van der Waals surface area (Å²) in [6, 6.07) is 17.8. The van der Waals surface area contributed by atoms with Gasteiger partial charge in [-0.05, 0) is 74.6 Å². The molecule has 2 nitrogen and oxygen atoms in total. The molecule has 1 aliphatic rings. The third-order valence-corrected chi connectivity index (χ3v) is 17.8. The standard InChI is InChI=1S/C79H130N2.2CH3.Ni/c1-5-9-13-16-18-20-22-24-26-28-30-32-34-35-36-37-38-40-42-44-46-48-50-52-54-56-58-65-73-67-61-63-70-75(73)79-77(71-59-15-11-7-3)76(68-12-8-4)78(81(79)80)74-69-62-60-66-72(74)64-57-55-53-51-49-47-45-43-41-39-33-31-29-27-25-23-21-19-17-14-10-6-2;;;/h60-63,66-67,69-70H,5-52,57-59,64-65,68,71H2,1-4H3;2*1H3;/q;2*-1;+2. The molecular weight excluding hydrogens is 1060 g/mol. The van der Waals surface area contributed by atoms with E-state index >= 15 is 0 Å². The second-order valence-electron chi connectivity index (χ2n) is 25.2. The average Bonchev–Trinajstić information content (AvgIpc) is 3.11. The van der Waals surface area contributed by atoms with Gasteiger partial charge in [-0.3, -0.25) is 0 Å². The van der Waals surface area contributed by atoms with E-state index in [0.29, 0.717) is 0 Å². The van der Waals surface area contributed by atoms with E-state index in [1.165, 1.54) is 316 Å². The van der Waals surface area contributed by atoms with E-state index in [-0.39, 0.29) is 31.3 Å². The van der Waals surface area contributed by atoms with Gasteiger partial charge >= 0.3 is 16.5 Å². The minimum absolute atomic E-state index is 0. The van der Waals surface area contributed by atoms with Crippen molar-refractivity contribution in [3.8, 4) is 23.7 Å². The van der Waals surface area contributed by atoms with Gasteiger partial charge < -0.3 is 20.4 Å². The fourth-order valence-corrected chi connectivity index (χ4v) is 12.6. The predicted molar refractivity (Wildman–Crippen MR) is 374 cm³/mol. The molecule has 0 bridgehead atoms. The van der Waals surface area contributed by atoms with E-state index in [4.69, 9.17) is 0 Å². The summed E-state index contributed by atoms with van der Waals surface area (Å²) in [7, 11) is 0. The maximum atomic E-state index is 12.6. The smallest absolute Gasteiger partial charge is 0.493 e. The first-order valence-corrected chi connectivity index (χ1v) is 36.2. The van der Waals surface area contributed by atoms with Gasteiger partial charge in [-0.15, -0.1) is 23.7 Å². The van der Waals surface area contributed by atoms with Crippen LogP contribution in [0.2, 0.25) is 0 Å². The summed E-state index contributed by atoms with van der Waals surface area (Å²) in [4.78, 5) is 0. The Morgan fingerprint density at radius 2 is 0.500 bits per heavy atom. The fourth-order valence-electron chi connectivity index (χ4n) is 12.6. The maximum Gasteiger partial charge on any atom is 2.00 e. The summed E-state index contributed by atoms with van der Waals surface area (Å²) in [5.41, 5.74) is 22.3. The summed E-state index contributed by atoms with van der Waals surface area (Å²) >= 11 is 0. The van der Waals surface area contributed by atoms with Gasteiger partial charge in [0.2, 0.25) is 11.4 Å². The van der Waals surface area contributed by atoms with Gasteiger partial charge in [0, 0.05) is 48.0 Å². The van der Waals surface area contributed by atoms with E-state index in [0.717, 1.165) is 82.0 Å². The number of hydrogen-bond acceptors (Lipinski definition) is 0. The Balaban J connectivity index is 0.0000230. The van der Waals surface area contributed by atoms with Crippen molar-refractivity contribution < 1.29 is 21.2 Å². The van der Waals surface area contributed by atoms with Crippen LogP contribution in [0.4, 0.5) is 0 Å². The number of hydrogen-bond donors (Lipinski definition) is 0. The molecule has 0 saturated carbocycles. The minimum atomic E-state index is 0. The Bertz CT molecular complexity index is 2010. The first-order chi connectivity index (χ1) is 40.2. The normalized spacial score (nSPS) is 12.0. The zero-order chi connectivity index (χ0) is 57.6. The SMILES string of the molecule is CCCCCCCCCCCCCCCCCCCCC#CCCc1ccccc1C1=C(CCCC)C(CCCCCC)=C(c2ccccc2CCC#CCCCCCCCCCCCCCCCCCCCCCCCCC)[N+]1=[N-].[CH3-].[CH3-].[Ni+2]. The Hall–Kier alpha value is -2.87. The summed E-state index contributed by atoms with van der Waals surface area (Å²) in [6.07, 6.45) is 72.7. The molecule has 0 aliphatic carbocycles. The average molecular weight is 1200 g/mol. The van der Waals surface area contributed by atoms with Crippen molar-refractivity contribution in [2.75, 3.05) is 0 Å². The number of rotatable bonds is 55. The molecule has 480 valence electrons. The largest absolute Gasteiger partial charge is 2.00 e. The van der Waals surface area contributed by atoms with Gasteiger partial charge in [0.25, 0.3) is 0 Å². The van der Waals surface area contributed by atoms with Crippen molar-refractivity contribution in [1.29, 1.82) is 0 Å². The third kappa shape index (κ3) is 39.8. The zero-order valence-electron chi connectivity index (χ0n) is 56.7. The summed E-state index contributed by atoms with van der Waals surface area (Å²) in [6.45, 7) is 9.21. The second kappa shape index (κ2) is 60.4. The van der Waals surface area contributed by atoms with Crippen LogP contribution in [0.15, 0.2) is 59.7 Å². The van der Waals surface area contributed by atoms with E-state index in [1.54, 1.807) is 4.70 Å². The maximum absolute atomic E-state index is 12.6. The minimum Gasteiger partial charge on any atom is -0.493 e. The molecule has 0 saturated heterocycles. The Labute approximate surface area is 536 Å². The molecule has 0 atom stereocenters. The molecule has 0 unspecified atom stereocenters. The van der Waals surface area contributed by atoms with Crippen LogP contribution in [0.25, 0.3) is 16.9 Å². The van der Waals surface area contributed by atoms with Gasteiger partial charge in [-0.1, -0.05) is 340 Å². The van der Waals surface area contributed by atoms with Crippen LogP contribution in [0.3, 0.4) is 0 Å². The summed E-state index contributed by atoms with van der Waals surface area (Å²) in [5.74, 6) is 14.2. The molecular formula is C81H136N2Ni. The number of aryl methyl sites for hydroxylation is 2. The van der Waals surface area contributed by atoms with Crippen molar-refractivity contribution in [3.63, 3.8) is 0 Å². The van der Waals surface area contributed by atoms with Gasteiger partial charge in [0.05, 0.1) is 0 Å².